The molecule has 0 saturated carbocycles. The molecule has 0 aliphatic heterocycles. The van der Waals surface area contributed by atoms with Crippen molar-refractivity contribution in [2.24, 2.45) is 0 Å². The number of hydrogen-bond acceptors (Lipinski definition) is 7. The first kappa shape index (κ1) is 30.1. The first-order valence-corrected chi connectivity index (χ1v) is 14.8. The third kappa shape index (κ3) is 7.36. The van der Waals surface area contributed by atoms with Crippen LogP contribution in [0.2, 0.25) is 5.15 Å². The van der Waals surface area contributed by atoms with Crippen molar-refractivity contribution in [1.29, 1.82) is 0 Å². The van der Waals surface area contributed by atoms with Gasteiger partial charge in [-0.05, 0) is 54.4 Å². The number of carbonyl (C=O) groups excluding carboxylic acids is 1. The zero-order chi connectivity index (χ0) is 30.2. The van der Waals surface area contributed by atoms with E-state index < -0.39 is 6.04 Å². The molecule has 0 spiro atoms. The fraction of sp³-hybridized carbons (Fsp3) is 0.303. The third-order valence-electron chi connectivity index (χ3n) is 7.49. The zero-order valence-corrected chi connectivity index (χ0v) is 25.5. The Bertz CT molecular complexity index is 1620. The van der Waals surface area contributed by atoms with Crippen molar-refractivity contribution in [1.82, 2.24) is 35.1 Å². The highest BCUT2D eigenvalue weighted by Gasteiger charge is 2.25. The van der Waals surface area contributed by atoms with Gasteiger partial charge in [0.15, 0.2) is 5.15 Å². The van der Waals surface area contributed by atoms with Gasteiger partial charge in [0, 0.05) is 18.5 Å². The summed E-state index contributed by atoms with van der Waals surface area (Å²) in [5, 5.41) is 14.9. The maximum atomic E-state index is 13.3. The van der Waals surface area contributed by atoms with E-state index in [4.69, 9.17) is 16.3 Å². The van der Waals surface area contributed by atoms with Crippen LogP contribution >= 0.6 is 11.6 Å². The highest BCUT2D eigenvalue weighted by molar-refractivity contribution is 6.30. The van der Waals surface area contributed by atoms with E-state index in [2.05, 4.69) is 61.4 Å². The summed E-state index contributed by atoms with van der Waals surface area (Å²) in [5.41, 5.74) is 5.82. The van der Waals surface area contributed by atoms with Gasteiger partial charge in [0.1, 0.15) is 18.5 Å². The Kier molecular flexibility index (Phi) is 9.96. The number of aryl methyl sites for hydroxylation is 1. The lowest BCUT2D eigenvalue weighted by Crippen LogP contribution is -2.39. The summed E-state index contributed by atoms with van der Waals surface area (Å²) in [6.07, 6.45) is 3.36. The molecule has 2 heterocycles. The fourth-order valence-corrected chi connectivity index (χ4v) is 5.34. The molecule has 9 nitrogen and oxygen atoms in total. The van der Waals surface area contributed by atoms with Gasteiger partial charge in [0.05, 0.1) is 5.69 Å². The van der Waals surface area contributed by atoms with Crippen LogP contribution in [0.1, 0.15) is 42.4 Å². The number of hydrogen-bond donors (Lipinski definition) is 1. The van der Waals surface area contributed by atoms with Gasteiger partial charge in [0.25, 0.3) is 0 Å². The standard InChI is InChI=1S/C33H36ClN7O2/c1-4-5-15-30-35-31(34)29(22-43-33(42)28(40(2)3)20-23-11-7-6-8-12-23)41(30)21-24-16-18-25(19-17-24)26-13-9-10-14-27(26)32-36-38-39-37-32/h6-14,16-19,28H,4-5,15,20-22H2,1-3H3,(H,36,37,38,39)/t28-/m0/s1. The van der Waals surface area contributed by atoms with Crippen LogP contribution in [0, 0.1) is 0 Å². The van der Waals surface area contributed by atoms with Gasteiger partial charge < -0.3 is 9.30 Å². The van der Waals surface area contributed by atoms with Crippen LogP contribution in [0.5, 0.6) is 0 Å². The maximum Gasteiger partial charge on any atom is 0.324 e. The van der Waals surface area contributed by atoms with Crippen LogP contribution in [0.25, 0.3) is 22.5 Å². The number of benzene rings is 3. The first-order chi connectivity index (χ1) is 20.9. The van der Waals surface area contributed by atoms with Crippen molar-refractivity contribution < 1.29 is 9.53 Å². The van der Waals surface area contributed by atoms with Crippen molar-refractivity contribution >= 4 is 17.6 Å². The van der Waals surface area contributed by atoms with Gasteiger partial charge in [-0.15, -0.1) is 10.2 Å². The molecule has 0 fully saturated rings. The van der Waals surface area contributed by atoms with Crippen LogP contribution in [-0.2, 0) is 35.5 Å². The molecule has 10 heteroatoms. The molecular formula is C33H36ClN7O2. The minimum absolute atomic E-state index is 0.0477. The summed E-state index contributed by atoms with van der Waals surface area (Å²) >= 11 is 6.67. The lowest BCUT2D eigenvalue weighted by molar-refractivity contribution is -0.150. The molecule has 0 saturated heterocycles. The number of imidazole rings is 1. The topological polar surface area (TPSA) is 102 Å². The van der Waals surface area contributed by atoms with E-state index in [-0.39, 0.29) is 12.6 Å². The highest BCUT2D eigenvalue weighted by Crippen LogP contribution is 2.30. The Labute approximate surface area is 256 Å². The number of likely N-dealkylation sites (N-methyl/N-ethyl adjacent to an activating group) is 1. The molecule has 5 rings (SSSR count). The van der Waals surface area contributed by atoms with Gasteiger partial charge in [-0.3, -0.25) is 9.69 Å². The summed E-state index contributed by atoms with van der Waals surface area (Å²) in [6, 6.07) is 25.9. The Morgan fingerprint density at radius 2 is 1.70 bits per heavy atom. The summed E-state index contributed by atoms with van der Waals surface area (Å²) in [7, 11) is 3.78. The molecule has 222 valence electrons. The van der Waals surface area contributed by atoms with E-state index in [1.807, 2.05) is 73.6 Å². The van der Waals surface area contributed by atoms with Crippen LogP contribution < -0.4 is 0 Å². The second-order valence-corrected chi connectivity index (χ2v) is 11.1. The monoisotopic (exact) mass is 597 g/mol. The van der Waals surface area contributed by atoms with E-state index >= 15 is 0 Å². The smallest absolute Gasteiger partial charge is 0.324 e. The largest absolute Gasteiger partial charge is 0.458 e. The molecular weight excluding hydrogens is 562 g/mol. The summed E-state index contributed by atoms with van der Waals surface area (Å²) in [4.78, 5) is 19.8. The van der Waals surface area contributed by atoms with Crippen LogP contribution in [0.4, 0.5) is 0 Å². The number of nitrogens with zero attached hydrogens (tertiary/aromatic N) is 6. The number of carbonyl (C=O) groups is 1. The molecule has 0 aliphatic carbocycles. The van der Waals surface area contributed by atoms with E-state index in [1.165, 1.54) is 0 Å². The van der Waals surface area contributed by atoms with E-state index in [0.29, 0.717) is 29.6 Å². The zero-order valence-electron chi connectivity index (χ0n) is 24.7. The molecule has 0 amide bonds. The summed E-state index contributed by atoms with van der Waals surface area (Å²) < 4.78 is 7.97. The van der Waals surface area contributed by atoms with E-state index in [9.17, 15) is 4.79 Å². The van der Waals surface area contributed by atoms with Gasteiger partial charge in [-0.2, -0.15) is 5.21 Å². The normalized spacial score (nSPS) is 12.0. The molecule has 2 aromatic heterocycles. The minimum atomic E-state index is -0.417. The number of rotatable bonds is 13. The molecule has 1 atom stereocenters. The van der Waals surface area contributed by atoms with Crippen LogP contribution in [0.15, 0.2) is 78.9 Å². The Morgan fingerprint density at radius 1 is 0.977 bits per heavy atom. The SMILES string of the molecule is CCCCc1nc(Cl)c(COC(=O)[C@H](Cc2ccccc2)N(C)C)n1Cc1ccc(-c2ccccc2-c2nn[nH]n2)cc1. The van der Waals surface area contributed by atoms with Crippen molar-refractivity contribution in [3.8, 4) is 22.5 Å². The van der Waals surface area contributed by atoms with Gasteiger partial charge in [0.2, 0.25) is 5.82 Å². The average Bonchev–Trinajstić information content (AvgIpc) is 3.66. The number of halogens is 1. The maximum absolute atomic E-state index is 13.3. The highest BCUT2D eigenvalue weighted by atomic mass is 35.5. The predicted octanol–water partition coefficient (Wildman–Crippen LogP) is 5.99. The average molecular weight is 598 g/mol. The molecule has 0 radical (unpaired) electrons. The van der Waals surface area contributed by atoms with Crippen LogP contribution in [0.3, 0.4) is 0 Å². The molecule has 3 aromatic carbocycles. The predicted molar refractivity (Wildman–Crippen MR) is 167 cm³/mol. The molecule has 0 aliphatic rings. The number of tetrazole rings is 1. The van der Waals surface area contributed by atoms with Crippen molar-refractivity contribution in [3.05, 3.63) is 107 Å². The van der Waals surface area contributed by atoms with E-state index in [0.717, 1.165) is 52.9 Å². The Hall–Kier alpha value is -4.34. The number of aromatic amines is 1. The van der Waals surface area contributed by atoms with Gasteiger partial charge in [-0.25, -0.2) is 4.98 Å². The number of nitrogens with one attached hydrogen (secondary N) is 1. The minimum Gasteiger partial charge on any atom is -0.458 e. The summed E-state index contributed by atoms with van der Waals surface area (Å²) in [5.74, 6) is 1.14. The second-order valence-electron chi connectivity index (χ2n) is 10.7. The quantitative estimate of drug-likeness (QED) is 0.166. The molecule has 0 bridgehead atoms. The van der Waals surface area contributed by atoms with Crippen molar-refractivity contribution in [2.75, 3.05) is 14.1 Å². The third-order valence-corrected chi connectivity index (χ3v) is 7.80. The number of esters is 1. The molecule has 1 N–H and O–H groups in total. The number of unbranched alkanes of at least 4 members (excludes halogenated alkanes) is 1. The Morgan fingerprint density at radius 3 is 2.37 bits per heavy atom. The first-order valence-electron chi connectivity index (χ1n) is 14.5. The molecule has 5 aromatic rings. The van der Waals surface area contributed by atoms with Crippen molar-refractivity contribution in [2.45, 2.75) is 51.8 Å². The summed E-state index contributed by atoms with van der Waals surface area (Å²) in [6.45, 7) is 2.75. The number of H-pyrrole nitrogens is 1. The molecule has 0 unspecified atom stereocenters. The van der Waals surface area contributed by atoms with Gasteiger partial charge >= 0.3 is 5.97 Å². The second kappa shape index (κ2) is 14.2. The lowest BCUT2D eigenvalue weighted by atomic mass is 9.98. The lowest BCUT2D eigenvalue weighted by Gasteiger charge is -2.23. The fourth-order valence-electron chi connectivity index (χ4n) is 5.08. The van der Waals surface area contributed by atoms with Crippen molar-refractivity contribution in [3.63, 3.8) is 0 Å². The Balaban J connectivity index is 1.36. The van der Waals surface area contributed by atoms with Crippen LogP contribution in [-0.4, -0.2) is 61.2 Å². The van der Waals surface area contributed by atoms with Gasteiger partial charge in [-0.1, -0.05) is 104 Å². The van der Waals surface area contributed by atoms with E-state index in [1.54, 1.807) is 0 Å². The number of ether oxygens (including phenoxy) is 1. The number of aromatic nitrogens is 6. The molecule has 43 heavy (non-hydrogen) atoms.